The number of amides is 5. The molecule has 0 aliphatic carbocycles. The Morgan fingerprint density at radius 1 is 1.02 bits per heavy atom. The van der Waals surface area contributed by atoms with E-state index >= 15 is 0 Å². The molecule has 2 aliphatic heterocycles. The van der Waals surface area contributed by atoms with Crippen LogP contribution < -0.4 is 31.7 Å². The summed E-state index contributed by atoms with van der Waals surface area (Å²) in [5, 5.41) is 43.3. The molecule has 0 saturated heterocycles. The van der Waals surface area contributed by atoms with Crippen LogP contribution in [0.4, 0.5) is 5.69 Å². The second-order valence-electron chi connectivity index (χ2n) is 14.3. The number of carboxylic acid groups (broad SMARTS) is 1. The van der Waals surface area contributed by atoms with Gasteiger partial charge < -0.3 is 56.2 Å². The lowest BCUT2D eigenvalue weighted by atomic mass is 9.83. The summed E-state index contributed by atoms with van der Waals surface area (Å²) in [5.74, 6) is -6.83. The lowest BCUT2D eigenvalue weighted by Gasteiger charge is -2.36. The van der Waals surface area contributed by atoms with E-state index in [2.05, 4.69) is 21.3 Å². The number of carbonyl (C=O) groups excluding carboxylic acids is 5. The molecule has 2 aliphatic rings. The zero-order valence-electron chi connectivity index (χ0n) is 32.5. The van der Waals surface area contributed by atoms with Crippen molar-refractivity contribution in [1.82, 2.24) is 16.0 Å². The number of hydrogen-bond donors (Lipinski definition) is 8. The average molecular weight is 800 g/mol. The van der Waals surface area contributed by atoms with Crippen LogP contribution in [0.3, 0.4) is 0 Å². The van der Waals surface area contributed by atoms with Gasteiger partial charge in [0, 0.05) is 30.2 Å². The minimum Gasteiger partial charge on any atom is -0.480 e. The average Bonchev–Trinajstić information content (AvgIpc) is 3.44. The van der Waals surface area contributed by atoms with Crippen LogP contribution in [0.15, 0.2) is 36.4 Å². The number of hydrogen-bond acceptors (Lipinski definition) is 11. The van der Waals surface area contributed by atoms with Gasteiger partial charge in [0.15, 0.2) is 26.8 Å². The number of anilines is 1. The fraction of sp³-hybridized carbons (Fsp3) is 0.526. The number of aliphatic hydroxyl groups excluding tert-OH is 1. The van der Waals surface area contributed by atoms with Gasteiger partial charge in [0.1, 0.15) is 30.0 Å². The summed E-state index contributed by atoms with van der Waals surface area (Å²) in [4.78, 5) is 80.4. The van der Waals surface area contributed by atoms with E-state index in [1.165, 1.54) is 19.2 Å². The standard InChI is InChI=1S/C38H53N5O12Si/c1-7-20(5)31(55-56(8-2,9-3)10-4)35(48)41-25-17-21-14-15-27(54-19-53-6)23(16-21)22-12-11-13-24-29(22)43-37(51)38(24,52)32(45)30(36(49)50)42-34(47)26(18-28(39)44)40-33(25)46/h11-16,20,25-26,30-32,45,52H,7-10,17-19H2,1-6H3,(H2,39,44)(H,40,46)(H,41,48)(H,42,47)(H,43,51)(H,49,50)/t20-,25-,26-,30-,31-,32+,38-/m0/s1. The number of benzene rings is 2. The minimum absolute atomic E-state index is 0.0131. The van der Waals surface area contributed by atoms with Gasteiger partial charge in [0.25, 0.3) is 5.91 Å². The molecular weight excluding hydrogens is 747 g/mol. The Bertz CT molecular complexity index is 1810. The number of methoxy groups -OCH3 is 1. The molecule has 0 saturated carbocycles. The van der Waals surface area contributed by atoms with Crippen molar-refractivity contribution in [3.05, 3.63) is 47.5 Å². The predicted octanol–water partition coefficient (Wildman–Crippen LogP) is 1.24. The summed E-state index contributed by atoms with van der Waals surface area (Å²) in [6.45, 7) is 9.71. The molecule has 0 spiro atoms. The Hall–Kier alpha value is -4.88. The zero-order chi connectivity index (χ0) is 41.5. The van der Waals surface area contributed by atoms with E-state index in [0.717, 1.165) is 18.1 Å². The molecule has 0 aromatic heterocycles. The summed E-state index contributed by atoms with van der Waals surface area (Å²) in [7, 11) is -0.932. The maximum Gasteiger partial charge on any atom is 0.329 e. The largest absolute Gasteiger partial charge is 0.480 e. The molecule has 5 amide bonds. The van der Waals surface area contributed by atoms with Crippen LogP contribution in [0.2, 0.25) is 18.1 Å². The maximum absolute atomic E-state index is 14.2. The molecule has 4 rings (SSSR count). The fourth-order valence-corrected chi connectivity index (χ4v) is 9.96. The minimum atomic E-state index is -2.90. The molecule has 17 nitrogen and oxygen atoms in total. The highest BCUT2D eigenvalue weighted by atomic mass is 28.4. The first kappa shape index (κ1) is 43.8. The lowest BCUT2D eigenvalue weighted by Crippen LogP contribution is -2.63. The van der Waals surface area contributed by atoms with Crippen LogP contribution in [0.5, 0.6) is 5.75 Å². The molecule has 2 aromatic rings. The number of rotatable bonds is 15. The van der Waals surface area contributed by atoms with Gasteiger partial charge in [-0.15, -0.1) is 0 Å². The highest BCUT2D eigenvalue weighted by Gasteiger charge is 2.56. The van der Waals surface area contributed by atoms with Crippen molar-refractivity contribution in [2.45, 2.75) is 108 Å². The van der Waals surface area contributed by atoms with Crippen molar-refractivity contribution in [1.29, 1.82) is 0 Å². The number of para-hydroxylation sites is 1. The Labute approximate surface area is 326 Å². The van der Waals surface area contributed by atoms with Crippen LogP contribution >= 0.6 is 0 Å². The van der Waals surface area contributed by atoms with Gasteiger partial charge in [-0.05, 0) is 41.7 Å². The highest BCUT2D eigenvalue weighted by Crippen LogP contribution is 2.46. The summed E-state index contributed by atoms with van der Waals surface area (Å²) in [5.41, 5.74) is 3.45. The molecule has 6 bridgehead atoms. The number of carboxylic acids is 1. The van der Waals surface area contributed by atoms with E-state index in [4.69, 9.17) is 19.6 Å². The highest BCUT2D eigenvalue weighted by molar-refractivity contribution is 6.73. The number of ether oxygens (including phenoxy) is 2. The van der Waals surface area contributed by atoms with Crippen LogP contribution in [0.1, 0.15) is 58.6 Å². The summed E-state index contributed by atoms with van der Waals surface area (Å²) in [6, 6.07) is 5.99. The molecule has 18 heteroatoms. The summed E-state index contributed by atoms with van der Waals surface area (Å²) in [6.07, 6.45) is -3.82. The van der Waals surface area contributed by atoms with Crippen LogP contribution in [-0.2, 0) is 50.0 Å². The maximum atomic E-state index is 14.2. The molecule has 0 fully saturated rings. The molecule has 2 aromatic carbocycles. The van der Waals surface area contributed by atoms with Crippen molar-refractivity contribution >= 4 is 49.5 Å². The number of carbonyl (C=O) groups is 6. The van der Waals surface area contributed by atoms with Crippen LogP contribution in [0, 0.1) is 5.92 Å². The van der Waals surface area contributed by atoms with Gasteiger partial charge in [0.05, 0.1) is 12.1 Å². The van der Waals surface area contributed by atoms with Gasteiger partial charge in [0.2, 0.25) is 23.6 Å². The first-order chi connectivity index (χ1) is 26.5. The molecule has 7 atom stereocenters. The van der Waals surface area contributed by atoms with Gasteiger partial charge in [-0.3, -0.25) is 24.0 Å². The Kier molecular flexibility index (Phi) is 14.4. The molecule has 0 unspecified atom stereocenters. The Morgan fingerprint density at radius 2 is 1.70 bits per heavy atom. The van der Waals surface area contributed by atoms with Crippen LogP contribution in [-0.4, -0.2) is 103 Å². The van der Waals surface area contributed by atoms with Crippen LogP contribution in [0.25, 0.3) is 11.1 Å². The van der Waals surface area contributed by atoms with Crippen molar-refractivity contribution in [2.75, 3.05) is 19.2 Å². The van der Waals surface area contributed by atoms with Gasteiger partial charge in [-0.25, -0.2) is 4.79 Å². The smallest absolute Gasteiger partial charge is 0.329 e. The number of nitrogens with two attached hydrogens (primary N) is 1. The number of nitrogens with one attached hydrogen (secondary N) is 4. The predicted molar refractivity (Wildman–Crippen MR) is 205 cm³/mol. The van der Waals surface area contributed by atoms with Crippen molar-refractivity contribution in [3.8, 4) is 16.9 Å². The van der Waals surface area contributed by atoms with E-state index in [0.29, 0.717) is 17.5 Å². The molecule has 9 N–H and O–H groups in total. The number of primary amides is 1. The summed E-state index contributed by atoms with van der Waals surface area (Å²) < 4.78 is 17.7. The monoisotopic (exact) mass is 799 g/mol. The van der Waals surface area contributed by atoms with Gasteiger partial charge in [-0.1, -0.05) is 65.3 Å². The van der Waals surface area contributed by atoms with E-state index in [-0.39, 0.29) is 41.7 Å². The topological polar surface area (TPSA) is 265 Å². The molecule has 306 valence electrons. The zero-order valence-corrected chi connectivity index (χ0v) is 33.5. The van der Waals surface area contributed by atoms with E-state index in [1.807, 2.05) is 34.6 Å². The number of fused-ring (bicyclic) bond motifs is 3. The van der Waals surface area contributed by atoms with E-state index in [9.17, 15) is 44.1 Å². The molecule has 56 heavy (non-hydrogen) atoms. The Balaban J connectivity index is 1.94. The second kappa shape index (κ2) is 18.4. The molecule has 0 radical (unpaired) electrons. The number of aliphatic hydroxyl groups is 2. The molecule has 2 heterocycles. The Morgan fingerprint density at radius 3 is 2.29 bits per heavy atom. The third-order valence-corrected chi connectivity index (χ3v) is 15.5. The second-order valence-corrected chi connectivity index (χ2v) is 19.0. The molecular formula is C38H53N5O12Si. The third-order valence-electron chi connectivity index (χ3n) is 10.9. The normalized spacial score (nSPS) is 23.6. The first-order valence-corrected chi connectivity index (χ1v) is 21.2. The quantitative estimate of drug-likeness (QED) is 0.0935. The third kappa shape index (κ3) is 9.05. The van der Waals surface area contributed by atoms with Gasteiger partial charge in [-0.2, -0.15) is 0 Å². The lowest BCUT2D eigenvalue weighted by molar-refractivity contribution is -0.162. The van der Waals surface area contributed by atoms with E-state index < -0.39 is 86.2 Å². The summed E-state index contributed by atoms with van der Waals surface area (Å²) >= 11 is 0. The first-order valence-electron chi connectivity index (χ1n) is 18.7. The van der Waals surface area contributed by atoms with Crippen molar-refractivity contribution in [2.24, 2.45) is 11.7 Å². The SMILES string of the molecule is CC[C@H](C)[C@H](O[Si](CC)(CC)CC)C(=O)N[C@H]1Cc2ccc(OCOC)c(c2)-c2cccc3c2NC(=O)[C@@]3(O)[C@H](O)[C@@H](C(=O)O)NC(=O)[C@H](CC(N)=O)NC1=O. The van der Waals surface area contributed by atoms with E-state index in [1.54, 1.807) is 24.3 Å². The fourth-order valence-electron chi connectivity index (χ4n) is 7.08. The number of aliphatic carboxylic acids is 1. The van der Waals surface area contributed by atoms with Crippen molar-refractivity contribution < 1.29 is 58.0 Å². The van der Waals surface area contributed by atoms with Gasteiger partial charge >= 0.3 is 5.97 Å². The van der Waals surface area contributed by atoms with Crippen molar-refractivity contribution in [3.63, 3.8) is 0 Å².